The SMILES string of the molecule is C=C(O)C(F)(F)F.O=C1NCCc2[nH]c(-c3ccnc(-c4ccc(Br)cc4)n3)cc21. The third-order valence-corrected chi connectivity index (χ3v) is 4.69. The van der Waals surface area contributed by atoms with Gasteiger partial charge in [-0.1, -0.05) is 34.6 Å². The monoisotopic (exact) mass is 480 g/mol. The first-order chi connectivity index (χ1) is 14.1. The molecule has 3 heterocycles. The molecule has 0 unspecified atom stereocenters. The topological polar surface area (TPSA) is 90.9 Å². The van der Waals surface area contributed by atoms with E-state index in [1.54, 1.807) is 6.20 Å². The number of alkyl halides is 3. The van der Waals surface area contributed by atoms with Crippen LogP contribution >= 0.6 is 15.9 Å². The molecule has 3 N–H and O–H groups in total. The minimum Gasteiger partial charge on any atom is -0.505 e. The standard InChI is InChI=1S/C17H13BrN4O.C3H3F3O/c18-11-3-1-10(2-4-11)16-19-7-6-14(22-16)15-9-12-13(21-15)5-8-20-17(12)23;1-2(7)3(4,5)6/h1-4,6-7,9,21H,5,8H2,(H,20,23);7H,1H2. The summed E-state index contributed by atoms with van der Waals surface area (Å²) in [5.41, 5.74) is 4.24. The van der Waals surface area contributed by atoms with Gasteiger partial charge in [-0.05, 0) is 24.3 Å². The van der Waals surface area contributed by atoms with Crippen LogP contribution in [0.2, 0.25) is 0 Å². The highest BCUT2D eigenvalue weighted by Gasteiger charge is 2.31. The zero-order chi connectivity index (χ0) is 21.9. The Bertz CT molecular complexity index is 1080. The number of halogens is 4. The molecule has 156 valence electrons. The molecule has 1 aliphatic heterocycles. The molecule has 0 fully saturated rings. The van der Waals surface area contributed by atoms with Crippen LogP contribution in [-0.2, 0) is 6.42 Å². The number of H-pyrrole nitrogens is 1. The molecule has 6 nitrogen and oxygen atoms in total. The van der Waals surface area contributed by atoms with Crippen molar-refractivity contribution in [1.82, 2.24) is 20.3 Å². The number of carbonyl (C=O) groups excluding carboxylic acids is 1. The molecule has 0 atom stereocenters. The molecule has 0 saturated heterocycles. The van der Waals surface area contributed by atoms with E-state index in [0.717, 1.165) is 33.5 Å². The van der Waals surface area contributed by atoms with Crippen LogP contribution in [0, 0.1) is 0 Å². The number of amides is 1. The van der Waals surface area contributed by atoms with E-state index in [4.69, 9.17) is 5.11 Å². The van der Waals surface area contributed by atoms with Gasteiger partial charge in [-0.3, -0.25) is 4.79 Å². The summed E-state index contributed by atoms with van der Waals surface area (Å²) in [6.07, 6.45) is -2.09. The zero-order valence-corrected chi connectivity index (χ0v) is 17.0. The van der Waals surface area contributed by atoms with Crippen molar-refractivity contribution in [3.05, 3.63) is 70.7 Å². The molecule has 1 aromatic carbocycles. The fraction of sp³-hybridized carbons (Fsp3) is 0.150. The Morgan fingerprint density at radius 3 is 2.47 bits per heavy atom. The van der Waals surface area contributed by atoms with Gasteiger partial charge in [0, 0.05) is 34.9 Å². The number of fused-ring (bicyclic) bond motifs is 1. The van der Waals surface area contributed by atoms with Gasteiger partial charge in [0.1, 0.15) is 0 Å². The average molecular weight is 481 g/mol. The van der Waals surface area contributed by atoms with Crippen LogP contribution < -0.4 is 5.32 Å². The highest BCUT2D eigenvalue weighted by molar-refractivity contribution is 9.10. The fourth-order valence-corrected chi connectivity index (χ4v) is 2.94. The molecular formula is C20H16BrF3N4O2. The first kappa shape index (κ1) is 21.6. The van der Waals surface area contributed by atoms with Gasteiger partial charge in [0.25, 0.3) is 5.91 Å². The summed E-state index contributed by atoms with van der Waals surface area (Å²) in [7, 11) is 0. The summed E-state index contributed by atoms with van der Waals surface area (Å²) in [4.78, 5) is 24.2. The first-order valence-corrected chi connectivity index (χ1v) is 9.49. The molecule has 4 rings (SSSR count). The second-order valence-electron chi connectivity index (χ2n) is 6.30. The van der Waals surface area contributed by atoms with E-state index in [-0.39, 0.29) is 5.91 Å². The van der Waals surface area contributed by atoms with Gasteiger partial charge in [-0.15, -0.1) is 0 Å². The Hall–Kier alpha value is -3.14. The lowest BCUT2D eigenvalue weighted by Crippen LogP contribution is -2.31. The molecule has 0 saturated carbocycles. The molecule has 0 aliphatic carbocycles. The van der Waals surface area contributed by atoms with Crippen molar-refractivity contribution in [3.63, 3.8) is 0 Å². The fourth-order valence-electron chi connectivity index (χ4n) is 2.68. The lowest BCUT2D eigenvalue weighted by atomic mass is 10.1. The van der Waals surface area contributed by atoms with Crippen molar-refractivity contribution < 1.29 is 23.1 Å². The van der Waals surface area contributed by atoms with E-state index in [1.807, 2.05) is 36.4 Å². The van der Waals surface area contributed by atoms with Crippen molar-refractivity contribution in [1.29, 1.82) is 0 Å². The summed E-state index contributed by atoms with van der Waals surface area (Å²) in [6.45, 7) is 2.92. The quantitative estimate of drug-likeness (QED) is 0.459. The van der Waals surface area contributed by atoms with Crippen molar-refractivity contribution in [2.75, 3.05) is 6.54 Å². The van der Waals surface area contributed by atoms with Crippen LogP contribution in [0.15, 0.2) is 59.4 Å². The maximum atomic E-state index is 11.9. The van der Waals surface area contributed by atoms with Crippen LogP contribution in [0.3, 0.4) is 0 Å². The van der Waals surface area contributed by atoms with E-state index in [0.29, 0.717) is 17.9 Å². The predicted molar refractivity (Wildman–Crippen MR) is 109 cm³/mol. The first-order valence-electron chi connectivity index (χ1n) is 8.69. The molecule has 10 heteroatoms. The van der Waals surface area contributed by atoms with Gasteiger partial charge in [-0.2, -0.15) is 13.2 Å². The average Bonchev–Trinajstić information content (AvgIpc) is 3.14. The summed E-state index contributed by atoms with van der Waals surface area (Å²) >= 11 is 3.42. The zero-order valence-electron chi connectivity index (χ0n) is 15.4. The Morgan fingerprint density at radius 2 is 1.87 bits per heavy atom. The number of aromatic amines is 1. The number of aliphatic hydroxyl groups is 1. The minimum absolute atomic E-state index is 0.0315. The Balaban J connectivity index is 0.000000318. The maximum Gasteiger partial charge on any atom is 0.448 e. The normalized spacial score (nSPS) is 13.0. The summed E-state index contributed by atoms with van der Waals surface area (Å²) in [5, 5.41) is 10.4. The van der Waals surface area contributed by atoms with Crippen LogP contribution in [0.5, 0.6) is 0 Å². The molecule has 1 aliphatic rings. The summed E-state index contributed by atoms with van der Waals surface area (Å²) < 4.78 is 33.5. The molecule has 30 heavy (non-hydrogen) atoms. The van der Waals surface area contributed by atoms with Crippen LogP contribution in [0.4, 0.5) is 13.2 Å². The van der Waals surface area contributed by atoms with Gasteiger partial charge in [0.2, 0.25) is 0 Å². The number of aromatic nitrogens is 3. The number of nitrogens with zero attached hydrogens (tertiary/aromatic N) is 2. The highest BCUT2D eigenvalue weighted by Crippen LogP contribution is 2.25. The molecule has 0 bridgehead atoms. The van der Waals surface area contributed by atoms with E-state index >= 15 is 0 Å². The van der Waals surface area contributed by atoms with E-state index in [2.05, 4.69) is 42.8 Å². The van der Waals surface area contributed by atoms with Gasteiger partial charge >= 0.3 is 6.18 Å². The number of aliphatic hydroxyl groups excluding tert-OH is 1. The number of nitrogens with one attached hydrogen (secondary N) is 2. The Kier molecular flexibility index (Phi) is 6.25. The molecule has 1 amide bonds. The number of rotatable bonds is 2. The molecule has 0 radical (unpaired) electrons. The number of allylic oxidation sites excluding steroid dienone is 1. The van der Waals surface area contributed by atoms with Crippen molar-refractivity contribution in [2.24, 2.45) is 0 Å². The van der Waals surface area contributed by atoms with Gasteiger partial charge in [-0.25, -0.2) is 9.97 Å². The van der Waals surface area contributed by atoms with E-state index in [1.165, 1.54) is 0 Å². The Labute approximate surface area is 178 Å². The van der Waals surface area contributed by atoms with Crippen molar-refractivity contribution in [2.45, 2.75) is 12.6 Å². The van der Waals surface area contributed by atoms with Gasteiger partial charge in [0.05, 0.1) is 17.0 Å². The third-order valence-electron chi connectivity index (χ3n) is 4.17. The Morgan fingerprint density at radius 1 is 1.20 bits per heavy atom. The van der Waals surface area contributed by atoms with E-state index < -0.39 is 11.9 Å². The third kappa shape index (κ3) is 5.07. The minimum atomic E-state index is -4.64. The second-order valence-corrected chi connectivity index (χ2v) is 7.21. The highest BCUT2D eigenvalue weighted by atomic mass is 79.9. The van der Waals surface area contributed by atoms with E-state index in [9.17, 15) is 18.0 Å². The lowest BCUT2D eigenvalue weighted by Gasteiger charge is -2.10. The van der Waals surface area contributed by atoms with Crippen molar-refractivity contribution in [3.8, 4) is 22.8 Å². The summed E-state index contributed by atoms with van der Waals surface area (Å²) in [6, 6.07) is 11.6. The number of hydrogen-bond acceptors (Lipinski definition) is 4. The van der Waals surface area contributed by atoms with Crippen LogP contribution in [0.25, 0.3) is 22.8 Å². The molecule has 0 spiro atoms. The predicted octanol–water partition coefficient (Wildman–Crippen LogP) is 4.81. The van der Waals surface area contributed by atoms with Crippen LogP contribution in [0.1, 0.15) is 16.1 Å². The number of carbonyl (C=O) groups is 1. The van der Waals surface area contributed by atoms with Gasteiger partial charge < -0.3 is 15.4 Å². The van der Waals surface area contributed by atoms with Crippen LogP contribution in [-0.4, -0.2) is 38.7 Å². The molecular weight excluding hydrogens is 465 g/mol. The summed E-state index contributed by atoms with van der Waals surface area (Å²) in [5.74, 6) is -1.13. The largest absolute Gasteiger partial charge is 0.505 e. The second kappa shape index (κ2) is 8.70. The molecule has 2 aromatic heterocycles. The smallest absolute Gasteiger partial charge is 0.448 e. The number of hydrogen-bond donors (Lipinski definition) is 3. The van der Waals surface area contributed by atoms with Crippen molar-refractivity contribution >= 4 is 21.8 Å². The lowest BCUT2D eigenvalue weighted by molar-refractivity contribution is -0.119. The van der Waals surface area contributed by atoms with Gasteiger partial charge in [0.15, 0.2) is 11.6 Å². The number of benzene rings is 1. The maximum absolute atomic E-state index is 11.9. The molecule has 3 aromatic rings.